The van der Waals surface area contributed by atoms with Crippen LogP contribution in [0.2, 0.25) is 0 Å². The smallest absolute Gasteiger partial charge is 0.0702 e. The van der Waals surface area contributed by atoms with Gasteiger partial charge in [0, 0.05) is 11.8 Å². The van der Waals surface area contributed by atoms with Crippen molar-refractivity contribution in [1.29, 1.82) is 0 Å². The van der Waals surface area contributed by atoms with E-state index in [1.807, 2.05) is 0 Å². The molecule has 1 nitrogen and oxygen atoms in total. The summed E-state index contributed by atoms with van der Waals surface area (Å²) in [4.78, 5) is 4.72. The molecule has 0 atom stereocenters. The maximum absolute atomic E-state index is 4.72. The average molecular weight is 414 g/mol. The van der Waals surface area contributed by atoms with Crippen molar-refractivity contribution in [2.75, 3.05) is 0 Å². The number of rotatable bonds is 13. The van der Waals surface area contributed by atoms with Crippen molar-refractivity contribution in [3.63, 3.8) is 0 Å². The van der Waals surface area contributed by atoms with Crippen molar-refractivity contribution in [3.05, 3.63) is 78.0 Å². The molecule has 0 radical (unpaired) electrons. The van der Waals surface area contributed by atoms with Gasteiger partial charge in [-0.15, -0.1) is 0 Å². The predicted octanol–water partition coefficient (Wildman–Crippen LogP) is 9.05. The van der Waals surface area contributed by atoms with E-state index in [9.17, 15) is 0 Å². The summed E-state index contributed by atoms with van der Waals surface area (Å²) in [5.41, 5.74) is 7.60. The lowest BCUT2D eigenvalue weighted by atomic mass is 9.99. The third-order valence-corrected chi connectivity index (χ3v) is 6.18. The number of aryl methyl sites for hydroxylation is 2. The molecule has 0 unspecified atom stereocenters. The Morgan fingerprint density at radius 2 is 0.968 bits per heavy atom. The standard InChI is InChI=1S/C30H39N/c1-3-5-7-9-11-13-26-16-23-30(31-24-26)29-21-19-28(20-22-29)27-17-14-25(15-18-27)12-10-8-6-4-2/h14-24H,3-13H2,1-2H3. The highest BCUT2D eigenvalue weighted by atomic mass is 14.7. The summed E-state index contributed by atoms with van der Waals surface area (Å²) >= 11 is 0. The highest BCUT2D eigenvalue weighted by Gasteiger charge is 2.03. The number of unbranched alkanes of at least 4 members (excludes halogenated alkanes) is 7. The molecule has 1 heterocycles. The normalized spacial score (nSPS) is 11.0. The molecule has 1 heteroatoms. The van der Waals surface area contributed by atoms with Crippen LogP contribution in [0, 0.1) is 0 Å². The van der Waals surface area contributed by atoms with Gasteiger partial charge in [-0.3, -0.25) is 4.98 Å². The second kappa shape index (κ2) is 13.1. The number of hydrogen-bond donors (Lipinski definition) is 0. The molecule has 3 rings (SSSR count). The van der Waals surface area contributed by atoms with Gasteiger partial charge in [-0.2, -0.15) is 0 Å². The summed E-state index contributed by atoms with van der Waals surface area (Å²) in [5.74, 6) is 0. The SMILES string of the molecule is CCCCCCCc1ccc(-c2ccc(-c3ccc(CCCCCC)cc3)cc2)nc1. The Balaban J connectivity index is 1.53. The first-order valence-corrected chi connectivity index (χ1v) is 12.4. The molecule has 0 saturated heterocycles. The number of aromatic nitrogens is 1. The molecule has 0 aliphatic rings. The number of pyridine rings is 1. The maximum atomic E-state index is 4.72. The largest absolute Gasteiger partial charge is 0.256 e. The molecule has 2 aromatic carbocycles. The first kappa shape index (κ1) is 23.3. The molecule has 164 valence electrons. The average Bonchev–Trinajstić information content (AvgIpc) is 2.83. The van der Waals surface area contributed by atoms with Gasteiger partial charge in [0.1, 0.15) is 0 Å². The van der Waals surface area contributed by atoms with Crippen LogP contribution in [0.4, 0.5) is 0 Å². The molecule has 0 aliphatic carbocycles. The van der Waals surface area contributed by atoms with E-state index in [2.05, 4.69) is 80.7 Å². The van der Waals surface area contributed by atoms with Crippen LogP contribution in [-0.4, -0.2) is 4.98 Å². The molecular formula is C30H39N. The molecule has 0 spiro atoms. The van der Waals surface area contributed by atoms with Gasteiger partial charge in [0.25, 0.3) is 0 Å². The Hall–Kier alpha value is -2.41. The third kappa shape index (κ3) is 7.65. The fourth-order valence-electron chi connectivity index (χ4n) is 4.13. The van der Waals surface area contributed by atoms with E-state index in [0.29, 0.717) is 0 Å². The van der Waals surface area contributed by atoms with Crippen LogP contribution in [0.3, 0.4) is 0 Å². The molecule has 0 saturated carbocycles. The van der Waals surface area contributed by atoms with E-state index >= 15 is 0 Å². The molecule has 3 aromatic rings. The maximum Gasteiger partial charge on any atom is 0.0702 e. The lowest BCUT2D eigenvalue weighted by Gasteiger charge is -2.07. The van der Waals surface area contributed by atoms with Crippen LogP contribution in [-0.2, 0) is 12.8 Å². The summed E-state index contributed by atoms with van der Waals surface area (Å²) < 4.78 is 0. The highest BCUT2D eigenvalue weighted by Crippen LogP contribution is 2.25. The minimum absolute atomic E-state index is 1.06. The number of nitrogens with zero attached hydrogens (tertiary/aromatic N) is 1. The van der Waals surface area contributed by atoms with Crippen molar-refractivity contribution in [1.82, 2.24) is 4.98 Å². The molecule has 0 bridgehead atoms. The van der Waals surface area contributed by atoms with E-state index in [1.54, 1.807) is 0 Å². The van der Waals surface area contributed by atoms with Gasteiger partial charge >= 0.3 is 0 Å². The molecule has 1 aromatic heterocycles. The lowest BCUT2D eigenvalue weighted by molar-refractivity contribution is 0.632. The molecular weight excluding hydrogens is 374 g/mol. The second-order valence-corrected chi connectivity index (χ2v) is 8.80. The summed E-state index contributed by atoms with van der Waals surface area (Å²) in [5, 5.41) is 0. The zero-order valence-electron chi connectivity index (χ0n) is 19.6. The lowest BCUT2D eigenvalue weighted by Crippen LogP contribution is -1.90. The van der Waals surface area contributed by atoms with E-state index < -0.39 is 0 Å². The Morgan fingerprint density at radius 1 is 0.484 bits per heavy atom. The zero-order valence-corrected chi connectivity index (χ0v) is 19.6. The van der Waals surface area contributed by atoms with Crippen LogP contribution in [0.25, 0.3) is 22.4 Å². The first-order chi connectivity index (χ1) is 15.3. The van der Waals surface area contributed by atoms with Gasteiger partial charge in [-0.25, -0.2) is 0 Å². The van der Waals surface area contributed by atoms with E-state index in [0.717, 1.165) is 12.1 Å². The topological polar surface area (TPSA) is 12.9 Å². The first-order valence-electron chi connectivity index (χ1n) is 12.4. The minimum atomic E-state index is 1.06. The molecule has 0 fully saturated rings. The quantitative estimate of drug-likeness (QED) is 0.255. The Kier molecular flexibility index (Phi) is 9.83. The van der Waals surface area contributed by atoms with Crippen LogP contribution in [0.1, 0.15) is 82.8 Å². The molecule has 0 amide bonds. The van der Waals surface area contributed by atoms with Gasteiger partial charge in [0.2, 0.25) is 0 Å². The third-order valence-electron chi connectivity index (χ3n) is 6.18. The van der Waals surface area contributed by atoms with Crippen LogP contribution in [0.15, 0.2) is 66.9 Å². The zero-order chi connectivity index (χ0) is 21.7. The number of benzene rings is 2. The monoisotopic (exact) mass is 413 g/mol. The van der Waals surface area contributed by atoms with Crippen molar-refractivity contribution in [2.45, 2.75) is 84.5 Å². The Morgan fingerprint density at radius 3 is 1.55 bits per heavy atom. The summed E-state index contributed by atoms with van der Waals surface area (Å²) in [6.07, 6.45) is 16.3. The Bertz CT molecular complexity index is 860. The van der Waals surface area contributed by atoms with Gasteiger partial charge in [-0.1, -0.05) is 113 Å². The predicted molar refractivity (Wildman–Crippen MR) is 135 cm³/mol. The summed E-state index contributed by atoms with van der Waals surface area (Å²) in [7, 11) is 0. The van der Waals surface area contributed by atoms with Gasteiger partial charge < -0.3 is 0 Å². The van der Waals surface area contributed by atoms with E-state index in [-0.39, 0.29) is 0 Å². The van der Waals surface area contributed by atoms with E-state index in [4.69, 9.17) is 4.98 Å². The minimum Gasteiger partial charge on any atom is -0.256 e. The second-order valence-electron chi connectivity index (χ2n) is 8.80. The molecule has 0 aliphatic heterocycles. The molecule has 0 N–H and O–H groups in total. The van der Waals surface area contributed by atoms with Crippen molar-refractivity contribution in [2.24, 2.45) is 0 Å². The fourth-order valence-corrected chi connectivity index (χ4v) is 4.13. The highest BCUT2D eigenvalue weighted by molar-refractivity contribution is 5.69. The van der Waals surface area contributed by atoms with Gasteiger partial charge in [-0.05, 0) is 54.0 Å². The van der Waals surface area contributed by atoms with Gasteiger partial charge in [0.05, 0.1) is 5.69 Å². The van der Waals surface area contributed by atoms with Crippen LogP contribution >= 0.6 is 0 Å². The summed E-state index contributed by atoms with van der Waals surface area (Å²) in [6, 6.07) is 22.3. The molecule has 31 heavy (non-hydrogen) atoms. The van der Waals surface area contributed by atoms with E-state index in [1.165, 1.54) is 92.0 Å². The van der Waals surface area contributed by atoms with Crippen LogP contribution in [0.5, 0.6) is 0 Å². The van der Waals surface area contributed by atoms with Crippen molar-refractivity contribution in [3.8, 4) is 22.4 Å². The fraction of sp³-hybridized carbons (Fsp3) is 0.433. The Labute approximate surface area is 190 Å². The van der Waals surface area contributed by atoms with Crippen LogP contribution < -0.4 is 0 Å². The number of hydrogen-bond acceptors (Lipinski definition) is 1. The van der Waals surface area contributed by atoms with Crippen molar-refractivity contribution >= 4 is 0 Å². The van der Waals surface area contributed by atoms with Gasteiger partial charge in [0.15, 0.2) is 0 Å². The summed E-state index contributed by atoms with van der Waals surface area (Å²) in [6.45, 7) is 4.53. The van der Waals surface area contributed by atoms with Crippen molar-refractivity contribution < 1.29 is 0 Å².